The number of aromatic nitrogens is 3. The fourth-order valence-corrected chi connectivity index (χ4v) is 7.91. The van der Waals surface area contributed by atoms with E-state index in [1.54, 1.807) is 0 Å². The van der Waals surface area contributed by atoms with Gasteiger partial charge in [-0.2, -0.15) is 0 Å². The van der Waals surface area contributed by atoms with Gasteiger partial charge in [0.1, 0.15) is 0 Å². The van der Waals surface area contributed by atoms with Crippen LogP contribution in [0.5, 0.6) is 0 Å². The van der Waals surface area contributed by atoms with Crippen LogP contribution < -0.4 is 0 Å². The molecule has 0 saturated carbocycles. The van der Waals surface area contributed by atoms with Gasteiger partial charge in [0.15, 0.2) is 5.82 Å². The van der Waals surface area contributed by atoms with Crippen LogP contribution in [0.1, 0.15) is 25.8 Å². The van der Waals surface area contributed by atoms with Crippen LogP contribution in [0.25, 0.3) is 95.4 Å². The van der Waals surface area contributed by atoms with Crippen molar-refractivity contribution in [2.75, 3.05) is 0 Å². The van der Waals surface area contributed by atoms with Crippen molar-refractivity contribution in [2.24, 2.45) is 4.99 Å². The maximum absolute atomic E-state index is 5.41. The van der Waals surface area contributed by atoms with Crippen molar-refractivity contribution in [3.8, 4) is 89.7 Å². The summed E-state index contributed by atoms with van der Waals surface area (Å²) >= 11 is 0. The van der Waals surface area contributed by atoms with Crippen LogP contribution in [0.2, 0.25) is 0 Å². The Morgan fingerprint density at radius 2 is 0.934 bits per heavy atom. The lowest BCUT2D eigenvalue weighted by Gasteiger charge is -2.15. The molecule has 0 bridgehead atoms. The number of rotatable bonds is 11. The smallest absolute Gasteiger partial charge is 0.161 e. The van der Waals surface area contributed by atoms with E-state index < -0.39 is 0 Å². The van der Waals surface area contributed by atoms with Crippen LogP contribution in [0.3, 0.4) is 0 Å². The molecule has 9 aromatic rings. The van der Waals surface area contributed by atoms with Gasteiger partial charge < -0.3 is 0 Å². The minimum absolute atomic E-state index is 0.667. The van der Waals surface area contributed by atoms with Crippen molar-refractivity contribution < 1.29 is 0 Å². The zero-order valence-electron chi connectivity index (χ0n) is 34.3. The molecule has 0 fully saturated rings. The van der Waals surface area contributed by atoms with E-state index in [0.29, 0.717) is 5.82 Å². The van der Waals surface area contributed by atoms with Gasteiger partial charge in [-0.05, 0) is 100 Å². The van der Waals surface area contributed by atoms with Gasteiger partial charge in [-0.25, -0.2) is 9.97 Å². The highest BCUT2D eigenvalue weighted by Gasteiger charge is 2.17. The van der Waals surface area contributed by atoms with E-state index in [-0.39, 0.29) is 0 Å². The van der Waals surface area contributed by atoms with Crippen molar-refractivity contribution in [1.29, 1.82) is 0 Å². The molecular weight excluding hydrogens is 741 g/mol. The Balaban J connectivity index is 1.14. The summed E-state index contributed by atoms with van der Waals surface area (Å²) < 4.78 is 0. The Hall–Kier alpha value is -7.82. The Morgan fingerprint density at radius 3 is 1.57 bits per heavy atom. The molecule has 0 saturated heterocycles. The molecule has 0 N–H and O–H groups in total. The highest BCUT2D eigenvalue weighted by Crippen LogP contribution is 2.39. The summed E-state index contributed by atoms with van der Waals surface area (Å²) in [6, 6.07) is 70.2. The van der Waals surface area contributed by atoms with E-state index in [0.717, 1.165) is 102 Å². The lowest BCUT2D eigenvalue weighted by Crippen LogP contribution is -1.98. The number of nitrogens with zero attached hydrogens (tertiary/aromatic N) is 4. The first-order chi connectivity index (χ1) is 30.1. The fraction of sp³-hybridized carbons (Fsp3) is 0.0526. The molecule has 4 heteroatoms. The van der Waals surface area contributed by atoms with Gasteiger partial charge in [0.2, 0.25) is 0 Å². The van der Waals surface area contributed by atoms with Gasteiger partial charge in [0, 0.05) is 40.2 Å². The van der Waals surface area contributed by atoms with E-state index in [9.17, 15) is 0 Å². The summed E-state index contributed by atoms with van der Waals surface area (Å²) in [6.07, 6.45) is 6.78. The topological polar surface area (TPSA) is 51.0 Å². The lowest BCUT2D eigenvalue weighted by atomic mass is 9.93. The number of hydrogen-bond acceptors (Lipinski definition) is 4. The van der Waals surface area contributed by atoms with Crippen LogP contribution in [0.4, 0.5) is 0 Å². The van der Waals surface area contributed by atoms with Crippen LogP contribution in [0.15, 0.2) is 217 Å². The second-order valence-electron chi connectivity index (χ2n) is 14.8. The van der Waals surface area contributed by atoms with Crippen LogP contribution in [-0.2, 0) is 0 Å². The first kappa shape index (κ1) is 38.7. The average Bonchev–Trinajstić information content (AvgIpc) is 3.34. The molecule has 9 rings (SSSR count). The zero-order chi connectivity index (χ0) is 41.4. The molecule has 0 amide bonds. The summed E-state index contributed by atoms with van der Waals surface area (Å²) in [5, 5.41) is 0. The van der Waals surface area contributed by atoms with Crippen LogP contribution >= 0.6 is 0 Å². The molecule has 292 valence electrons. The lowest BCUT2D eigenvalue weighted by molar-refractivity contribution is 1.18. The highest BCUT2D eigenvalue weighted by molar-refractivity contribution is 5.89. The van der Waals surface area contributed by atoms with Gasteiger partial charge >= 0.3 is 0 Å². The second-order valence-corrected chi connectivity index (χ2v) is 14.8. The normalized spacial score (nSPS) is 11.5. The number of hydrogen-bond donors (Lipinski definition) is 0. The third-order valence-electron chi connectivity index (χ3n) is 10.8. The molecule has 0 aliphatic heterocycles. The van der Waals surface area contributed by atoms with Crippen molar-refractivity contribution in [1.82, 2.24) is 15.0 Å². The highest BCUT2D eigenvalue weighted by atomic mass is 14.9. The fourth-order valence-electron chi connectivity index (χ4n) is 7.91. The third-order valence-corrected chi connectivity index (χ3v) is 10.8. The standard InChI is InChI=1S/C57H44N4/c1-3-18-53(58-4-2)47-27-16-23-43(37-47)41-21-14-25-45(35-41)49-29-8-10-31-51(49)56-39-55(40-19-6-5-7-20-40)60-57(61-56)52-32-11-9-30-50(52)46-26-15-22-42(36-46)44-24-17-28-48(38-44)54-33-12-13-34-59-54/h4-39H,3H2,1-2H3/b53-18-,58-4?. The maximum Gasteiger partial charge on any atom is 0.161 e. The molecule has 0 radical (unpaired) electrons. The van der Waals surface area contributed by atoms with E-state index in [2.05, 4.69) is 199 Å². The molecule has 7 aromatic carbocycles. The molecule has 2 aromatic heterocycles. The minimum Gasteiger partial charge on any atom is -0.261 e. The van der Waals surface area contributed by atoms with Gasteiger partial charge in [-0.15, -0.1) is 0 Å². The number of aliphatic imine (C=N–C) groups is 1. The monoisotopic (exact) mass is 784 g/mol. The average molecular weight is 785 g/mol. The zero-order valence-corrected chi connectivity index (χ0v) is 34.3. The first-order valence-corrected chi connectivity index (χ1v) is 20.8. The summed E-state index contributed by atoms with van der Waals surface area (Å²) in [6.45, 7) is 4.10. The van der Waals surface area contributed by atoms with E-state index in [1.165, 1.54) is 0 Å². The molecule has 2 heterocycles. The number of allylic oxidation sites excluding steroid dienone is 1. The summed E-state index contributed by atoms with van der Waals surface area (Å²) in [5.74, 6) is 0.667. The van der Waals surface area contributed by atoms with E-state index >= 15 is 0 Å². The van der Waals surface area contributed by atoms with E-state index in [4.69, 9.17) is 9.97 Å². The predicted octanol–water partition coefficient (Wildman–Crippen LogP) is 15.0. The second kappa shape index (κ2) is 18.0. The molecule has 61 heavy (non-hydrogen) atoms. The molecule has 0 unspecified atom stereocenters. The summed E-state index contributed by atoms with van der Waals surface area (Å²) in [5.41, 5.74) is 17.8. The summed E-state index contributed by atoms with van der Waals surface area (Å²) in [4.78, 5) is 19.9. The third kappa shape index (κ3) is 8.52. The molecule has 0 spiro atoms. The van der Waals surface area contributed by atoms with Crippen molar-refractivity contribution in [3.63, 3.8) is 0 Å². The molecule has 0 atom stereocenters. The Kier molecular flexibility index (Phi) is 11.4. The maximum atomic E-state index is 5.41. The largest absolute Gasteiger partial charge is 0.261 e. The van der Waals surface area contributed by atoms with Gasteiger partial charge in [-0.1, -0.05) is 171 Å². The van der Waals surface area contributed by atoms with Gasteiger partial charge in [0.25, 0.3) is 0 Å². The number of benzene rings is 7. The number of pyridine rings is 1. The molecule has 0 aliphatic carbocycles. The summed E-state index contributed by atoms with van der Waals surface area (Å²) in [7, 11) is 0. The SMILES string of the molecule is CC=N/C(=C\CC)c1cccc(-c2cccc(-c3ccccc3-c3cc(-c4ccccc4)nc(-c4ccccc4-c4cccc(-c5cccc(-c6ccccn6)c5)c4)n3)c2)c1. The molecule has 0 aliphatic rings. The van der Waals surface area contributed by atoms with Crippen LogP contribution in [-0.4, -0.2) is 21.2 Å². The Bertz CT molecular complexity index is 3020. The first-order valence-electron chi connectivity index (χ1n) is 20.8. The van der Waals surface area contributed by atoms with E-state index in [1.807, 2.05) is 43.6 Å². The van der Waals surface area contributed by atoms with Crippen molar-refractivity contribution in [2.45, 2.75) is 20.3 Å². The predicted molar refractivity (Wildman–Crippen MR) is 256 cm³/mol. The van der Waals surface area contributed by atoms with Gasteiger partial charge in [0.05, 0.1) is 22.8 Å². The molecular formula is C57H44N4. The van der Waals surface area contributed by atoms with Gasteiger partial charge in [-0.3, -0.25) is 9.98 Å². The quantitative estimate of drug-likeness (QED) is 0.123. The van der Waals surface area contributed by atoms with Crippen molar-refractivity contribution in [3.05, 3.63) is 218 Å². The Morgan fingerprint density at radius 1 is 0.426 bits per heavy atom. The molecule has 4 nitrogen and oxygen atoms in total. The Labute approximate surface area is 358 Å². The minimum atomic E-state index is 0.667. The van der Waals surface area contributed by atoms with Crippen LogP contribution in [0, 0.1) is 0 Å². The van der Waals surface area contributed by atoms with Crippen molar-refractivity contribution >= 4 is 11.9 Å².